The summed E-state index contributed by atoms with van der Waals surface area (Å²) in [5.74, 6) is 0. The van der Waals surface area contributed by atoms with E-state index in [0.29, 0.717) is 19.6 Å². The molecule has 0 atom stereocenters. The fourth-order valence-corrected chi connectivity index (χ4v) is 1.58. The minimum Gasteiger partial charge on any atom is -0.382 e. The third-order valence-corrected chi connectivity index (χ3v) is 2.32. The zero-order chi connectivity index (χ0) is 13.6. The van der Waals surface area contributed by atoms with Crippen molar-refractivity contribution >= 4 is 0 Å². The maximum atomic E-state index is 12.9. The zero-order valence-corrected chi connectivity index (χ0v) is 10.2. The van der Waals surface area contributed by atoms with Gasteiger partial charge < -0.3 is 10.5 Å². The molecule has 0 aliphatic rings. The molecule has 1 heterocycles. The standard InChI is InChI=1S/C10H17F3N4O/c1-2-18-7-3-6-17-9(10(11,12)13)8(4-5-14)15-16-17/h2-7,14H2,1H3. The Hall–Kier alpha value is -1.15. The van der Waals surface area contributed by atoms with Gasteiger partial charge in [-0.2, -0.15) is 13.2 Å². The molecule has 1 aromatic heterocycles. The van der Waals surface area contributed by atoms with E-state index in [4.69, 9.17) is 10.5 Å². The summed E-state index contributed by atoms with van der Waals surface area (Å²) in [5.41, 5.74) is 4.36. The minimum absolute atomic E-state index is 0.0697. The lowest BCUT2D eigenvalue weighted by molar-refractivity contribution is -0.145. The van der Waals surface area contributed by atoms with Gasteiger partial charge in [-0.3, -0.25) is 0 Å². The highest BCUT2D eigenvalue weighted by molar-refractivity contribution is 5.14. The van der Waals surface area contributed by atoms with E-state index in [1.807, 2.05) is 6.92 Å². The number of nitrogens with two attached hydrogens (primary N) is 1. The molecule has 18 heavy (non-hydrogen) atoms. The maximum absolute atomic E-state index is 12.9. The third-order valence-electron chi connectivity index (χ3n) is 2.32. The summed E-state index contributed by atoms with van der Waals surface area (Å²) < 4.78 is 44.6. The Labute approximate surface area is 103 Å². The average Bonchev–Trinajstić information content (AvgIpc) is 2.68. The van der Waals surface area contributed by atoms with Gasteiger partial charge in [0.15, 0.2) is 5.69 Å². The lowest BCUT2D eigenvalue weighted by Crippen LogP contribution is -2.18. The summed E-state index contributed by atoms with van der Waals surface area (Å²) >= 11 is 0. The van der Waals surface area contributed by atoms with Gasteiger partial charge in [-0.05, 0) is 19.9 Å². The molecule has 0 aliphatic heterocycles. The van der Waals surface area contributed by atoms with Gasteiger partial charge in [-0.25, -0.2) is 4.68 Å². The molecule has 0 radical (unpaired) electrons. The monoisotopic (exact) mass is 266 g/mol. The molecule has 0 aliphatic carbocycles. The maximum Gasteiger partial charge on any atom is 0.434 e. The Bertz CT molecular complexity index is 364. The fourth-order valence-electron chi connectivity index (χ4n) is 1.58. The van der Waals surface area contributed by atoms with Crippen molar-refractivity contribution in [2.24, 2.45) is 5.73 Å². The van der Waals surface area contributed by atoms with Crippen LogP contribution in [-0.4, -0.2) is 34.8 Å². The normalized spacial score (nSPS) is 12.1. The Kier molecular flexibility index (Phi) is 5.54. The second-order valence-corrected chi connectivity index (χ2v) is 3.69. The Morgan fingerprint density at radius 2 is 2.11 bits per heavy atom. The van der Waals surface area contributed by atoms with Crippen LogP contribution in [0.15, 0.2) is 0 Å². The highest BCUT2D eigenvalue weighted by Gasteiger charge is 2.38. The molecule has 0 unspecified atom stereocenters. The fraction of sp³-hybridized carbons (Fsp3) is 0.800. The number of rotatable bonds is 7. The molecule has 0 fully saturated rings. The lowest BCUT2D eigenvalue weighted by atomic mass is 10.2. The topological polar surface area (TPSA) is 66.0 Å². The number of aromatic nitrogens is 3. The van der Waals surface area contributed by atoms with E-state index in [1.165, 1.54) is 0 Å². The van der Waals surface area contributed by atoms with Gasteiger partial charge in [0, 0.05) is 26.2 Å². The van der Waals surface area contributed by atoms with Gasteiger partial charge in [0.1, 0.15) is 0 Å². The molecule has 0 bridgehead atoms. The van der Waals surface area contributed by atoms with Crippen molar-refractivity contribution in [2.45, 2.75) is 32.5 Å². The van der Waals surface area contributed by atoms with E-state index in [0.717, 1.165) is 4.68 Å². The van der Waals surface area contributed by atoms with Crippen molar-refractivity contribution in [2.75, 3.05) is 19.8 Å². The molecule has 0 amide bonds. The number of alkyl halides is 3. The molecule has 5 nitrogen and oxygen atoms in total. The molecule has 104 valence electrons. The van der Waals surface area contributed by atoms with Crippen LogP contribution in [0.3, 0.4) is 0 Å². The minimum atomic E-state index is -4.46. The number of aryl methyl sites for hydroxylation is 1. The van der Waals surface area contributed by atoms with Crippen LogP contribution >= 0.6 is 0 Å². The second kappa shape index (κ2) is 6.69. The first-order valence-corrected chi connectivity index (χ1v) is 5.78. The number of halogens is 3. The number of nitrogens with zero attached hydrogens (tertiary/aromatic N) is 3. The molecule has 8 heteroatoms. The largest absolute Gasteiger partial charge is 0.434 e. The summed E-state index contributed by atoms with van der Waals surface area (Å²) in [6, 6.07) is 0. The van der Waals surface area contributed by atoms with E-state index >= 15 is 0 Å². The van der Waals surface area contributed by atoms with E-state index in [9.17, 15) is 13.2 Å². The summed E-state index contributed by atoms with van der Waals surface area (Å²) in [6.07, 6.45) is -3.93. The van der Waals surface area contributed by atoms with Gasteiger partial charge in [0.25, 0.3) is 0 Å². The summed E-state index contributed by atoms with van der Waals surface area (Å²) in [4.78, 5) is 0. The Balaban J connectivity index is 2.77. The molecule has 0 aromatic carbocycles. The number of hydrogen-bond acceptors (Lipinski definition) is 4. The first kappa shape index (κ1) is 14.9. The van der Waals surface area contributed by atoms with Crippen LogP contribution in [0.5, 0.6) is 0 Å². The number of ether oxygens (including phenoxy) is 1. The van der Waals surface area contributed by atoms with Crippen molar-refractivity contribution < 1.29 is 17.9 Å². The first-order chi connectivity index (χ1) is 8.50. The van der Waals surface area contributed by atoms with E-state index in [2.05, 4.69) is 10.3 Å². The summed E-state index contributed by atoms with van der Waals surface area (Å²) in [7, 11) is 0. The summed E-state index contributed by atoms with van der Waals surface area (Å²) in [6.45, 7) is 3.02. The predicted molar refractivity (Wildman–Crippen MR) is 58.9 cm³/mol. The van der Waals surface area contributed by atoms with Crippen LogP contribution in [0.4, 0.5) is 13.2 Å². The van der Waals surface area contributed by atoms with Crippen molar-refractivity contribution in [3.05, 3.63) is 11.4 Å². The van der Waals surface area contributed by atoms with Crippen molar-refractivity contribution in [3.8, 4) is 0 Å². The van der Waals surface area contributed by atoms with Gasteiger partial charge in [0.2, 0.25) is 0 Å². The molecule has 0 spiro atoms. The summed E-state index contributed by atoms with van der Waals surface area (Å²) in [5, 5.41) is 7.08. The second-order valence-electron chi connectivity index (χ2n) is 3.69. The highest BCUT2D eigenvalue weighted by atomic mass is 19.4. The highest BCUT2D eigenvalue weighted by Crippen LogP contribution is 2.31. The lowest BCUT2D eigenvalue weighted by Gasteiger charge is -2.10. The molecule has 1 rings (SSSR count). The number of hydrogen-bond donors (Lipinski definition) is 1. The van der Waals surface area contributed by atoms with Crippen LogP contribution < -0.4 is 5.73 Å². The van der Waals surface area contributed by atoms with E-state index < -0.39 is 11.9 Å². The van der Waals surface area contributed by atoms with Gasteiger partial charge in [0.05, 0.1) is 5.69 Å². The average molecular weight is 266 g/mol. The molecule has 1 aromatic rings. The Morgan fingerprint density at radius 3 is 2.67 bits per heavy atom. The molecule has 0 saturated heterocycles. The third kappa shape index (κ3) is 3.95. The molecular weight excluding hydrogens is 249 g/mol. The molecule has 0 saturated carbocycles. The van der Waals surface area contributed by atoms with E-state index in [1.54, 1.807) is 0 Å². The van der Waals surface area contributed by atoms with E-state index in [-0.39, 0.29) is 25.2 Å². The van der Waals surface area contributed by atoms with Crippen molar-refractivity contribution in [1.82, 2.24) is 15.0 Å². The van der Waals surface area contributed by atoms with Gasteiger partial charge >= 0.3 is 6.18 Å². The van der Waals surface area contributed by atoms with Crippen molar-refractivity contribution in [1.29, 1.82) is 0 Å². The Morgan fingerprint density at radius 1 is 1.39 bits per heavy atom. The SMILES string of the molecule is CCOCCCn1nnc(CCN)c1C(F)(F)F. The molecule has 2 N–H and O–H groups in total. The quantitative estimate of drug-likeness (QED) is 0.754. The van der Waals surface area contributed by atoms with Crippen LogP contribution in [-0.2, 0) is 23.9 Å². The van der Waals surface area contributed by atoms with Gasteiger partial charge in [-0.15, -0.1) is 5.10 Å². The van der Waals surface area contributed by atoms with Crippen molar-refractivity contribution in [3.63, 3.8) is 0 Å². The van der Waals surface area contributed by atoms with Crippen LogP contribution in [0.2, 0.25) is 0 Å². The molecular formula is C10H17F3N4O. The van der Waals surface area contributed by atoms with Crippen LogP contribution in [0.1, 0.15) is 24.7 Å². The zero-order valence-electron chi connectivity index (χ0n) is 10.2. The smallest absolute Gasteiger partial charge is 0.382 e. The van der Waals surface area contributed by atoms with Crippen LogP contribution in [0.25, 0.3) is 0 Å². The first-order valence-electron chi connectivity index (χ1n) is 5.78. The van der Waals surface area contributed by atoms with Crippen LogP contribution in [0, 0.1) is 0 Å². The van der Waals surface area contributed by atoms with Gasteiger partial charge in [-0.1, -0.05) is 5.21 Å². The predicted octanol–water partition coefficient (Wildman–Crippen LogP) is 1.22.